The molecule has 2 aromatic carbocycles. The van der Waals surface area contributed by atoms with Crippen molar-refractivity contribution in [3.05, 3.63) is 65.2 Å². The fraction of sp³-hybridized carbons (Fsp3) is 0.333. The molecule has 7 nitrogen and oxygen atoms in total. The van der Waals surface area contributed by atoms with Gasteiger partial charge in [-0.25, -0.2) is 8.42 Å². The number of anilines is 1. The standard InChI is InChI=1S/C21H26ClN3O4S/c1-16(21(27)23-2)24(14-13-17-7-5-4-6-8-17)20(26)15-25(30(3,28)29)19-11-9-18(22)10-12-19/h4-12,16H,13-15H2,1-3H3,(H,23,27). The fourth-order valence-corrected chi connectivity index (χ4v) is 3.98. The van der Waals surface area contributed by atoms with E-state index in [1.54, 1.807) is 19.1 Å². The third kappa shape index (κ3) is 6.47. The molecule has 0 aliphatic heterocycles. The number of nitrogens with one attached hydrogen (secondary N) is 1. The molecule has 0 aliphatic rings. The first kappa shape index (κ1) is 23.7. The zero-order chi connectivity index (χ0) is 22.3. The van der Waals surface area contributed by atoms with E-state index in [0.29, 0.717) is 17.1 Å². The van der Waals surface area contributed by atoms with Crippen molar-refractivity contribution in [2.24, 2.45) is 0 Å². The molecule has 30 heavy (non-hydrogen) atoms. The number of carbonyl (C=O) groups excluding carboxylic acids is 2. The normalized spacial score (nSPS) is 12.1. The van der Waals surface area contributed by atoms with E-state index in [0.717, 1.165) is 16.1 Å². The highest BCUT2D eigenvalue weighted by atomic mass is 35.5. The van der Waals surface area contributed by atoms with Crippen LogP contribution in [0.25, 0.3) is 0 Å². The number of hydrogen-bond acceptors (Lipinski definition) is 4. The summed E-state index contributed by atoms with van der Waals surface area (Å²) in [5.41, 5.74) is 1.34. The van der Waals surface area contributed by atoms with Crippen molar-refractivity contribution in [1.29, 1.82) is 0 Å². The number of carbonyl (C=O) groups is 2. The molecule has 2 aromatic rings. The molecule has 0 aliphatic carbocycles. The first-order chi connectivity index (χ1) is 14.1. The van der Waals surface area contributed by atoms with Crippen molar-refractivity contribution in [2.45, 2.75) is 19.4 Å². The van der Waals surface area contributed by atoms with E-state index in [-0.39, 0.29) is 12.5 Å². The van der Waals surface area contributed by atoms with Crippen LogP contribution in [0.15, 0.2) is 54.6 Å². The van der Waals surface area contributed by atoms with Crippen molar-refractivity contribution in [2.75, 3.05) is 30.7 Å². The van der Waals surface area contributed by atoms with E-state index in [4.69, 9.17) is 11.6 Å². The van der Waals surface area contributed by atoms with Gasteiger partial charge in [0.15, 0.2) is 0 Å². The van der Waals surface area contributed by atoms with E-state index < -0.39 is 28.5 Å². The van der Waals surface area contributed by atoms with Crippen LogP contribution in [0.4, 0.5) is 5.69 Å². The number of hydrogen-bond donors (Lipinski definition) is 1. The maximum Gasteiger partial charge on any atom is 0.244 e. The molecule has 0 heterocycles. The van der Waals surface area contributed by atoms with Gasteiger partial charge < -0.3 is 10.2 Å². The maximum absolute atomic E-state index is 13.1. The van der Waals surface area contributed by atoms with E-state index >= 15 is 0 Å². The summed E-state index contributed by atoms with van der Waals surface area (Å²) >= 11 is 5.89. The van der Waals surface area contributed by atoms with Crippen LogP contribution in [0, 0.1) is 0 Å². The lowest BCUT2D eigenvalue weighted by Gasteiger charge is -2.31. The predicted octanol–water partition coefficient (Wildman–Crippen LogP) is 2.31. The molecule has 1 unspecified atom stereocenters. The summed E-state index contributed by atoms with van der Waals surface area (Å²) in [5, 5.41) is 3.00. The van der Waals surface area contributed by atoms with Crippen LogP contribution in [0.5, 0.6) is 0 Å². The van der Waals surface area contributed by atoms with Gasteiger partial charge in [-0.1, -0.05) is 41.9 Å². The number of rotatable bonds is 9. The number of amides is 2. The van der Waals surface area contributed by atoms with Crippen LogP contribution in [0.1, 0.15) is 12.5 Å². The third-order valence-corrected chi connectivity index (χ3v) is 6.08. The summed E-state index contributed by atoms with van der Waals surface area (Å²) in [6.45, 7) is 1.47. The Morgan fingerprint density at radius 3 is 2.20 bits per heavy atom. The summed E-state index contributed by atoms with van der Waals surface area (Å²) in [6.07, 6.45) is 1.57. The summed E-state index contributed by atoms with van der Waals surface area (Å²) in [6, 6.07) is 15.0. The molecule has 1 N–H and O–H groups in total. The molecule has 0 fully saturated rings. The van der Waals surface area contributed by atoms with Gasteiger partial charge in [-0.2, -0.15) is 0 Å². The molecule has 0 saturated heterocycles. The average molecular weight is 452 g/mol. The summed E-state index contributed by atoms with van der Waals surface area (Å²) in [7, 11) is -2.24. The van der Waals surface area contributed by atoms with Gasteiger partial charge in [0.2, 0.25) is 21.8 Å². The minimum absolute atomic E-state index is 0.273. The van der Waals surface area contributed by atoms with Gasteiger partial charge in [-0.15, -0.1) is 0 Å². The van der Waals surface area contributed by atoms with E-state index in [2.05, 4.69) is 5.32 Å². The van der Waals surface area contributed by atoms with Crippen molar-refractivity contribution < 1.29 is 18.0 Å². The zero-order valence-corrected chi connectivity index (χ0v) is 18.8. The zero-order valence-electron chi connectivity index (χ0n) is 17.2. The lowest BCUT2D eigenvalue weighted by atomic mass is 10.1. The Balaban J connectivity index is 2.27. The Labute approximate surface area is 182 Å². The Bertz CT molecular complexity index is 966. The molecule has 9 heteroatoms. The van der Waals surface area contributed by atoms with Crippen LogP contribution in [0.2, 0.25) is 5.02 Å². The first-order valence-corrected chi connectivity index (χ1v) is 11.6. The van der Waals surface area contributed by atoms with Gasteiger partial charge in [-0.3, -0.25) is 13.9 Å². The van der Waals surface area contributed by atoms with Crippen LogP contribution >= 0.6 is 11.6 Å². The van der Waals surface area contributed by atoms with E-state index in [1.807, 2.05) is 30.3 Å². The third-order valence-electron chi connectivity index (χ3n) is 4.69. The topological polar surface area (TPSA) is 86.8 Å². The number of benzene rings is 2. The summed E-state index contributed by atoms with van der Waals surface area (Å²) in [5.74, 6) is -0.795. The van der Waals surface area contributed by atoms with Crippen LogP contribution in [-0.4, -0.2) is 57.6 Å². The highest BCUT2D eigenvalue weighted by Gasteiger charge is 2.29. The second kappa shape index (κ2) is 10.4. The lowest BCUT2D eigenvalue weighted by molar-refractivity contribution is -0.138. The highest BCUT2D eigenvalue weighted by molar-refractivity contribution is 7.92. The second-order valence-electron chi connectivity index (χ2n) is 6.86. The summed E-state index contributed by atoms with van der Waals surface area (Å²) < 4.78 is 25.7. The molecule has 0 bridgehead atoms. The molecule has 2 rings (SSSR count). The minimum atomic E-state index is -3.74. The molecule has 0 saturated carbocycles. The molecule has 2 amide bonds. The van der Waals surface area contributed by atoms with Gasteiger partial charge in [-0.05, 0) is 43.2 Å². The largest absolute Gasteiger partial charge is 0.357 e. The number of nitrogens with zero attached hydrogens (tertiary/aromatic N) is 2. The Morgan fingerprint density at radius 1 is 1.07 bits per heavy atom. The molecular weight excluding hydrogens is 426 g/mol. The quantitative estimate of drug-likeness (QED) is 0.633. The Hall–Kier alpha value is -2.58. The molecule has 0 radical (unpaired) electrons. The Kier molecular flexibility index (Phi) is 8.25. The van der Waals surface area contributed by atoms with Crippen molar-refractivity contribution >= 4 is 39.1 Å². The van der Waals surface area contributed by atoms with Gasteiger partial charge >= 0.3 is 0 Å². The highest BCUT2D eigenvalue weighted by Crippen LogP contribution is 2.21. The second-order valence-corrected chi connectivity index (χ2v) is 9.20. The first-order valence-electron chi connectivity index (χ1n) is 9.41. The van der Waals surface area contributed by atoms with E-state index in [1.165, 1.54) is 24.1 Å². The molecule has 0 spiro atoms. The number of halogens is 1. The SMILES string of the molecule is CNC(=O)C(C)N(CCc1ccccc1)C(=O)CN(c1ccc(Cl)cc1)S(C)(=O)=O. The summed E-state index contributed by atoms with van der Waals surface area (Å²) in [4.78, 5) is 26.7. The fourth-order valence-electron chi connectivity index (χ4n) is 3.00. The minimum Gasteiger partial charge on any atom is -0.357 e. The molecule has 1 atom stereocenters. The number of likely N-dealkylation sites (N-methyl/N-ethyl adjacent to an activating group) is 1. The average Bonchev–Trinajstić information content (AvgIpc) is 2.72. The van der Waals surface area contributed by atoms with Crippen LogP contribution in [0.3, 0.4) is 0 Å². The van der Waals surface area contributed by atoms with Gasteiger partial charge in [0.25, 0.3) is 0 Å². The molecule has 0 aromatic heterocycles. The molecular formula is C21H26ClN3O4S. The predicted molar refractivity (Wildman–Crippen MR) is 119 cm³/mol. The smallest absolute Gasteiger partial charge is 0.244 e. The van der Waals surface area contributed by atoms with Crippen LogP contribution in [-0.2, 0) is 26.0 Å². The lowest BCUT2D eigenvalue weighted by Crippen LogP contribution is -2.51. The van der Waals surface area contributed by atoms with Gasteiger partial charge in [0, 0.05) is 18.6 Å². The maximum atomic E-state index is 13.1. The molecule has 162 valence electrons. The van der Waals surface area contributed by atoms with Crippen LogP contribution < -0.4 is 9.62 Å². The Morgan fingerprint density at radius 2 is 1.67 bits per heavy atom. The van der Waals surface area contributed by atoms with Crippen molar-refractivity contribution in [3.8, 4) is 0 Å². The van der Waals surface area contributed by atoms with Crippen molar-refractivity contribution in [1.82, 2.24) is 10.2 Å². The number of sulfonamides is 1. The van der Waals surface area contributed by atoms with Gasteiger partial charge in [0.1, 0.15) is 12.6 Å². The van der Waals surface area contributed by atoms with Crippen molar-refractivity contribution in [3.63, 3.8) is 0 Å². The van der Waals surface area contributed by atoms with Gasteiger partial charge in [0.05, 0.1) is 11.9 Å². The van der Waals surface area contributed by atoms with E-state index in [9.17, 15) is 18.0 Å². The monoisotopic (exact) mass is 451 g/mol.